The monoisotopic (exact) mass is 548 g/mol. The Balaban J connectivity index is 0.00000722. The van der Waals surface area contributed by atoms with E-state index in [-0.39, 0.29) is 38.2 Å². The van der Waals surface area contributed by atoms with Gasteiger partial charge in [-0.05, 0) is 65.4 Å². The molecule has 210 valence electrons. The van der Waals surface area contributed by atoms with Crippen LogP contribution in [0.25, 0.3) is 6.08 Å². The van der Waals surface area contributed by atoms with E-state index in [2.05, 4.69) is 5.32 Å². The zero-order chi connectivity index (χ0) is 27.5. The predicted octanol–water partition coefficient (Wildman–Crippen LogP) is 4.76. The van der Waals surface area contributed by atoms with Crippen molar-refractivity contribution in [2.24, 2.45) is 0 Å². The molecule has 0 fully saturated rings. The zero-order valence-electron chi connectivity index (χ0n) is 23.5. The van der Waals surface area contributed by atoms with Crippen LogP contribution in [0.15, 0.2) is 52.4 Å². The lowest BCUT2D eigenvalue weighted by molar-refractivity contribution is -0.140. The molecule has 1 heterocycles. The van der Waals surface area contributed by atoms with Crippen LogP contribution in [-0.4, -0.2) is 63.3 Å². The predicted molar refractivity (Wildman–Crippen MR) is 151 cm³/mol. The lowest BCUT2D eigenvalue weighted by Gasteiger charge is -2.33. The van der Waals surface area contributed by atoms with Crippen molar-refractivity contribution in [1.29, 1.82) is 0 Å². The van der Waals surface area contributed by atoms with Gasteiger partial charge in [0.25, 0.3) is 0 Å². The summed E-state index contributed by atoms with van der Waals surface area (Å²) in [4.78, 5) is 41.3. The number of nitrogens with zero attached hydrogens (tertiary/aromatic N) is 1. The minimum Gasteiger partial charge on any atom is -0.463 e. The number of halogens is 1. The molecule has 1 aromatic rings. The number of ether oxygens (including phenoxy) is 3. The average molecular weight is 549 g/mol. The zero-order valence-corrected chi connectivity index (χ0v) is 24.3. The normalized spacial score (nSPS) is 15.6. The average Bonchev–Trinajstić information content (AvgIpc) is 2.83. The second-order valence-electron chi connectivity index (χ2n) is 8.94. The molecule has 0 saturated carbocycles. The van der Waals surface area contributed by atoms with Crippen LogP contribution in [0.4, 0.5) is 0 Å². The van der Waals surface area contributed by atoms with E-state index in [1.807, 2.05) is 50.2 Å². The lowest BCUT2D eigenvalue weighted by Crippen LogP contribution is -2.37. The number of carbonyl (C=O) groups is 3. The maximum absolute atomic E-state index is 13.4. The van der Waals surface area contributed by atoms with Gasteiger partial charge in [-0.2, -0.15) is 0 Å². The summed E-state index contributed by atoms with van der Waals surface area (Å²) in [6, 6.07) is 7.46. The molecule has 2 rings (SSSR count). The van der Waals surface area contributed by atoms with Gasteiger partial charge in [-0.15, -0.1) is 12.4 Å². The van der Waals surface area contributed by atoms with Crippen molar-refractivity contribution in [3.05, 3.63) is 63.5 Å². The Morgan fingerprint density at radius 1 is 0.921 bits per heavy atom. The van der Waals surface area contributed by atoms with E-state index in [4.69, 9.17) is 14.2 Å². The van der Waals surface area contributed by atoms with Crippen LogP contribution >= 0.6 is 12.4 Å². The number of esters is 3. The number of rotatable bonds is 12. The molecule has 9 heteroatoms. The Kier molecular flexibility index (Phi) is 13.9. The summed E-state index contributed by atoms with van der Waals surface area (Å²) in [6.07, 6.45) is 3.09. The van der Waals surface area contributed by atoms with Gasteiger partial charge in [0.05, 0.1) is 36.9 Å². The van der Waals surface area contributed by atoms with Crippen LogP contribution in [-0.2, 0) is 28.6 Å². The van der Waals surface area contributed by atoms with Crippen LogP contribution in [0.2, 0.25) is 0 Å². The van der Waals surface area contributed by atoms with Crippen LogP contribution in [0.5, 0.6) is 0 Å². The molecule has 1 aliphatic rings. The van der Waals surface area contributed by atoms with E-state index in [9.17, 15) is 14.4 Å². The molecular formula is C29H41ClN2O6. The third-order valence-corrected chi connectivity index (χ3v) is 5.80. The van der Waals surface area contributed by atoms with Gasteiger partial charge in [0.2, 0.25) is 0 Å². The number of benzene rings is 1. The van der Waals surface area contributed by atoms with Crippen LogP contribution < -0.4 is 5.32 Å². The minimum absolute atomic E-state index is 0. The SMILES string of the molecule is CCC/C(=C\c1ccccc1C1C(C(=O)OCC)=C(C)NC(CN(C)C)=C1C(=O)OCC)C(=O)OCC.Cl. The molecule has 1 N–H and O–H groups in total. The second-order valence-corrected chi connectivity index (χ2v) is 8.94. The summed E-state index contributed by atoms with van der Waals surface area (Å²) < 4.78 is 16.2. The van der Waals surface area contributed by atoms with Gasteiger partial charge in [0, 0.05) is 23.5 Å². The fraction of sp³-hybridized carbons (Fsp3) is 0.483. The fourth-order valence-corrected chi connectivity index (χ4v) is 4.40. The summed E-state index contributed by atoms with van der Waals surface area (Å²) in [5.41, 5.74) is 3.87. The first-order chi connectivity index (χ1) is 17.7. The third kappa shape index (κ3) is 8.20. The quantitative estimate of drug-likeness (QED) is 0.227. The summed E-state index contributed by atoms with van der Waals surface area (Å²) in [5.74, 6) is -2.16. The molecular weight excluding hydrogens is 508 g/mol. The maximum Gasteiger partial charge on any atom is 0.336 e. The first-order valence-corrected chi connectivity index (χ1v) is 12.9. The molecule has 0 amide bonds. The standard InChI is InChI=1S/C29H40N2O6.ClH/c1-8-14-21(27(32)35-9-2)17-20-15-12-13-16-22(20)25-24(28(33)36-10-3)19(5)30-23(18-31(6)7)26(25)29(34)37-11-4;/h12-13,15-17,25,30H,8-11,14,18H2,1-7H3;1H/b21-17+;. The molecule has 1 aliphatic heterocycles. The number of dihydropyridines is 1. The van der Waals surface area contributed by atoms with Crippen molar-refractivity contribution in [2.75, 3.05) is 40.5 Å². The number of allylic oxidation sites excluding steroid dienone is 1. The Hall–Kier alpha value is -3.10. The van der Waals surface area contributed by atoms with E-state index >= 15 is 0 Å². The second kappa shape index (κ2) is 16.0. The van der Waals surface area contributed by atoms with Crippen LogP contribution in [0.1, 0.15) is 64.5 Å². The molecule has 0 saturated heterocycles. The Bertz CT molecular complexity index is 1090. The van der Waals surface area contributed by atoms with Gasteiger partial charge < -0.3 is 24.4 Å². The molecule has 0 radical (unpaired) electrons. The number of hydrogen-bond donors (Lipinski definition) is 1. The van der Waals surface area contributed by atoms with Crippen molar-refractivity contribution in [3.63, 3.8) is 0 Å². The van der Waals surface area contributed by atoms with Gasteiger partial charge in [0.15, 0.2) is 0 Å². The Morgan fingerprint density at radius 3 is 2.05 bits per heavy atom. The van der Waals surface area contributed by atoms with Gasteiger partial charge in [-0.25, -0.2) is 14.4 Å². The van der Waals surface area contributed by atoms with Crippen molar-refractivity contribution in [3.8, 4) is 0 Å². The van der Waals surface area contributed by atoms with Crippen molar-refractivity contribution < 1.29 is 28.6 Å². The molecule has 38 heavy (non-hydrogen) atoms. The largest absolute Gasteiger partial charge is 0.463 e. The van der Waals surface area contributed by atoms with E-state index in [0.717, 1.165) is 6.42 Å². The Morgan fingerprint density at radius 2 is 1.50 bits per heavy atom. The van der Waals surface area contributed by atoms with Crippen LogP contribution in [0, 0.1) is 0 Å². The smallest absolute Gasteiger partial charge is 0.336 e. The molecule has 8 nitrogen and oxygen atoms in total. The first-order valence-electron chi connectivity index (χ1n) is 12.9. The van der Waals surface area contributed by atoms with Crippen molar-refractivity contribution in [2.45, 2.75) is 53.4 Å². The van der Waals surface area contributed by atoms with E-state index in [1.54, 1.807) is 33.8 Å². The highest BCUT2D eigenvalue weighted by Gasteiger charge is 2.39. The van der Waals surface area contributed by atoms with E-state index in [1.165, 1.54) is 0 Å². The van der Waals surface area contributed by atoms with Crippen LogP contribution in [0.3, 0.4) is 0 Å². The summed E-state index contributed by atoms with van der Waals surface area (Å²) in [6.45, 7) is 10.1. The van der Waals surface area contributed by atoms with E-state index in [0.29, 0.717) is 52.2 Å². The molecule has 0 aliphatic carbocycles. The molecule has 1 aromatic carbocycles. The third-order valence-electron chi connectivity index (χ3n) is 5.80. The highest BCUT2D eigenvalue weighted by Crippen LogP contribution is 2.41. The highest BCUT2D eigenvalue weighted by atomic mass is 35.5. The molecule has 0 spiro atoms. The molecule has 0 bridgehead atoms. The molecule has 1 atom stereocenters. The topological polar surface area (TPSA) is 94.2 Å². The van der Waals surface area contributed by atoms with Gasteiger partial charge in [-0.1, -0.05) is 37.6 Å². The van der Waals surface area contributed by atoms with Crippen molar-refractivity contribution in [1.82, 2.24) is 10.2 Å². The summed E-state index contributed by atoms with van der Waals surface area (Å²) >= 11 is 0. The number of hydrogen-bond acceptors (Lipinski definition) is 8. The maximum atomic E-state index is 13.4. The lowest BCUT2D eigenvalue weighted by atomic mass is 9.78. The van der Waals surface area contributed by atoms with Crippen molar-refractivity contribution >= 4 is 36.4 Å². The fourth-order valence-electron chi connectivity index (χ4n) is 4.40. The minimum atomic E-state index is -0.758. The van der Waals surface area contributed by atoms with E-state index < -0.39 is 17.9 Å². The Labute approximate surface area is 232 Å². The van der Waals surface area contributed by atoms with Gasteiger partial charge >= 0.3 is 17.9 Å². The van der Waals surface area contributed by atoms with Gasteiger partial charge in [-0.3, -0.25) is 0 Å². The highest BCUT2D eigenvalue weighted by molar-refractivity contribution is 6.01. The number of nitrogens with one attached hydrogen (secondary N) is 1. The number of likely N-dealkylation sites (N-methyl/N-ethyl adjacent to an activating group) is 1. The molecule has 0 aromatic heterocycles. The molecule has 1 unspecified atom stereocenters. The number of carbonyl (C=O) groups excluding carboxylic acids is 3. The summed E-state index contributed by atoms with van der Waals surface area (Å²) in [5, 5.41) is 3.27. The first kappa shape index (κ1) is 32.9. The van der Waals surface area contributed by atoms with Gasteiger partial charge in [0.1, 0.15) is 0 Å². The summed E-state index contributed by atoms with van der Waals surface area (Å²) in [7, 11) is 3.80.